The first-order valence-electron chi connectivity index (χ1n) is 6.99. The van der Waals surface area contributed by atoms with Crippen LogP contribution in [0.4, 0.5) is 0 Å². The Balaban J connectivity index is 2.09. The van der Waals surface area contributed by atoms with E-state index < -0.39 is 0 Å². The van der Waals surface area contributed by atoms with Gasteiger partial charge in [0.05, 0.1) is 18.3 Å². The van der Waals surface area contributed by atoms with Gasteiger partial charge in [0, 0.05) is 11.0 Å². The van der Waals surface area contributed by atoms with Crippen LogP contribution in [0, 0.1) is 0 Å². The molecule has 0 N–H and O–H groups in total. The van der Waals surface area contributed by atoms with E-state index in [4.69, 9.17) is 9.72 Å². The number of hydrogen-bond donors (Lipinski definition) is 0. The molecule has 0 aliphatic rings. The van der Waals surface area contributed by atoms with Crippen LogP contribution in [-0.4, -0.2) is 12.1 Å². The molecule has 104 valence electrons. The van der Waals surface area contributed by atoms with Gasteiger partial charge in [-0.1, -0.05) is 42.5 Å². The van der Waals surface area contributed by atoms with Crippen molar-refractivity contribution in [3.8, 4) is 5.75 Å². The number of allylic oxidation sites excluding steroid dienone is 1. The maximum Gasteiger partial charge on any atom is 0.119 e. The summed E-state index contributed by atoms with van der Waals surface area (Å²) in [6, 6.07) is 20.4. The zero-order valence-electron chi connectivity index (χ0n) is 12.2. The molecule has 2 aromatic carbocycles. The van der Waals surface area contributed by atoms with Crippen molar-refractivity contribution in [2.45, 2.75) is 6.92 Å². The fourth-order valence-corrected chi connectivity index (χ4v) is 2.47. The summed E-state index contributed by atoms with van der Waals surface area (Å²) < 4.78 is 5.31. The van der Waals surface area contributed by atoms with Crippen molar-refractivity contribution >= 4 is 16.5 Å². The monoisotopic (exact) mass is 275 g/mol. The zero-order chi connectivity index (χ0) is 14.7. The molecular formula is C19H17NO. The first-order chi connectivity index (χ1) is 10.3. The summed E-state index contributed by atoms with van der Waals surface area (Å²) in [4.78, 5) is 4.77. The van der Waals surface area contributed by atoms with Crippen LogP contribution >= 0.6 is 0 Å². The fraction of sp³-hybridized carbons (Fsp3) is 0.105. The minimum atomic E-state index is 0.854. The third-order valence-electron chi connectivity index (χ3n) is 3.54. The Morgan fingerprint density at radius 1 is 1.00 bits per heavy atom. The van der Waals surface area contributed by atoms with Gasteiger partial charge in [0.25, 0.3) is 0 Å². The minimum Gasteiger partial charge on any atom is -0.497 e. The molecule has 2 nitrogen and oxygen atoms in total. The van der Waals surface area contributed by atoms with E-state index in [-0.39, 0.29) is 0 Å². The van der Waals surface area contributed by atoms with Gasteiger partial charge in [-0.2, -0.15) is 0 Å². The Hall–Kier alpha value is -2.61. The van der Waals surface area contributed by atoms with E-state index in [0.717, 1.165) is 33.5 Å². The average Bonchev–Trinajstić information content (AvgIpc) is 2.56. The molecular weight excluding hydrogens is 258 g/mol. The maximum atomic E-state index is 5.31. The molecule has 0 amide bonds. The molecule has 1 heterocycles. The smallest absolute Gasteiger partial charge is 0.119 e. The van der Waals surface area contributed by atoms with Crippen LogP contribution in [0.2, 0.25) is 0 Å². The van der Waals surface area contributed by atoms with Gasteiger partial charge in [-0.3, -0.25) is 0 Å². The van der Waals surface area contributed by atoms with E-state index >= 15 is 0 Å². The minimum absolute atomic E-state index is 0.854. The van der Waals surface area contributed by atoms with Gasteiger partial charge in [-0.15, -0.1) is 0 Å². The molecule has 0 aliphatic carbocycles. The number of para-hydroxylation sites is 1. The Kier molecular flexibility index (Phi) is 3.69. The lowest BCUT2D eigenvalue weighted by atomic mass is 10.0. The van der Waals surface area contributed by atoms with Crippen molar-refractivity contribution < 1.29 is 4.74 Å². The zero-order valence-corrected chi connectivity index (χ0v) is 12.2. The first-order valence-corrected chi connectivity index (χ1v) is 6.99. The highest BCUT2D eigenvalue weighted by atomic mass is 16.5. The number of nitrogens with zero attached hydrogens (tertiary/aromatic N) is 1. The molecule has 2 heteroatoms. The number of ether oxygens (including phenoxy) is 1. The molecule has 0 unspecified atom stereocenters. The number of aromatic nitrogens is 1. The van der Waals surface area contributed by atoms with Crippen molar-refractivity contribution in [1.82, 2.24) is 4.98 Å². The van der Waals surface area contributed by atoms with Crippen LogP contribution in [-0.2, 0) is 0 Å². The second-order valence-electron chi connectivity index (χ2n) is 4.82. The third-order valence-corrected chi connectivity index (χ3v) is 3.54. The summed E-state index contributed by atoms with van der Waals surface area (Å²) in [5, 5.41) is 1.15. The second kappa shape index (κ2) is 5.80. The van der Waals surface area contributed by atoms with E-state index in [2.05, 4.69) is 30.3 Å². The Bertz CT molecular complexity index is 805. The second-order valence-corrected chi connectivity index (χ2v) is 4.82. The van der Waals surface area contributed by atoms with Crippen LogP contribution in [0.15, 0.2) is 66.7 Å². The predicted octanol–water partition coefficient (Wildman–Crippen LogP) is 4.70. The van der Waals surface area contributed by atoms with Gasteiger partial charge in [0.2, 0.25) is 0 Å². The average molecular weight is 275 g/mol. The summed E-state index contributed by atoms with van der Waals surface area (Å²) in [5.41, 5.74) is 4.21. The number of fused-ring (bicyclic) bond motifs is 1. The summed E-state index contributed by atoms with van der Waals surface area (Å²) in [7, 11) is 1.68. The largest absolute Gasteiger partial charge is 0.497 e. The van der Waals surface area contributed by atoms with E-state index in [9.17, 15) is 0 Å². The highest BCUT2D eigenvalue weighted by molar-refractivity contribution is 5.84. The fourth-order valence-electron chi connectivity index (χ4n) is 2.47. The summed E-state index contributed by atoms with van der Waals surface area (Å²) >= 11 is 0. The lowest BCUT2D eigenvalue weighted by Crippen LogP contribution is -1.93. The number of rotatable bonds is 3. The number of hydrogen-bond acceptors (Lipinski definition) is 2. The van der Waals surface area contributed by atoms with Gasteiger partial charge in [-0.25, -0.2) is 4.98 Å². The predicted molar refractivity (Wildman–Crippen MR) is 87.5 cm³/mol. The molecule has 0 fully saturated rings. The SMILES string of the molecule is CC=C(c1cccc(OC)c1)c1ccc2ccccc2n1. The summed E-state index contributed by atoms with van der Waals surface area (Å²) in [6.45, 7) is 2.03. The van der Waals surface area contributed by atoms with E-state index in [1.54, 1.807) is 7.11 Å². The van der Waals surface area contributed by atoms with Crippen molar-refractivity contribution in [3.63, 3.8) is 0 Å². The normalized spacial score (nSPS) is 11.6. The molecule has 0 bridgehead atoms. The van der Waals surface area contributed by atoms with Crippen LogP contribution in [0.1, 0.15) is 18.2 Å². The topological polar surface area (TPSA) is 22.1 Å². The quantitative estimate of drug-likeness (QED) is 0.691. The van der Waals surface area contributed by atoms with Crippen molar-refractivity contribution in [1.29, 1.82) is 0 Å². The van der Waals surface area contributed by atoms with Gasteiger partial charge in [0.1, 0.15) is 5.75 Å². The number of methoxy groups -OCH3 is 1. The van der Waals surface area contributed by atoms with Crippen molar-refractivity contribution in [3.05, 3.63) is 78.0 Å². The maximum absolute atomic E-state index is 5.31. The van der Waals surface area contributed by atoms with Crippen LogP contribution in [0.5, 0.6) is 5.75 Å². The molecule has 0 saturated heterocycles. The van der Waals surface area contributed by atoms with Crippen LogP contribution < -0.4 is 4.74 Å². The first kappa shape index (κ1) is 13.4. The van der Waals surface area contributed by atoms with Crippen molar-refractivity contribution in [2.75, 3.05) is 7.11 Å². The molecule has 0 aliphatic heterocycles. The van der Waals surface area contributed by atoms with Crippen LogP contribution in [0.25, 0.3) is 16.5 Å². The molecule has 3 rings (SSSR count). The Morgan fingerprint density at radius 3 is 2.67 bits per heavy atom. The van der Waals surface area contributed by atoms with E-state index in [0.29, 0.717) is 0 Å². The highest BCUT2D eigenvalue weighted by Gasteiger charge is 2.07. The molecule has 1 aromatic heterocycles. The van der Waals surface area contributed by atoms with Crippen LogP contribution in [0.3, 0.4) is 0 Å². The summed E-state index contributed by atoms with van der Waals surface area (Å²) in [5.74, 6) is 0.854. The lowest BCUT2D eigenvalue weighted by Gasteiger charge is -2.09. The Morgan fingerprint density at radius 2 is 1.86 bits per heavy atom. The van der Waals surface area contributed by atoms with Gasteiger partial charge >= 0.3 is 0 Å². The summed E-state index contributed by atoms with van der Waals surface area (Å²) in [6.07, 6.45) is 2.09. The van der Waals surface area contributed by atoms with Crippen molar-refractivity contribution in [2.24, 2.45) is 0 Å². The third kappa shape index (κ3) is 2.65. The standard InChI is InChI=1S/C19H17NO/c1-3-17(15-8-6-9-16(13-15)21-2)19-12-11-14-7-4-5-10-18(14)20-19/h3-13H,1-2H3. The van der Waals surface area contributed by atoms with E-state index in [1.165, 1.54) is 0 Å². The number of benzene rings is 2. The number of pyridine rings is 1. The molecule has 3 aromatic rings. The molecule has 0 atom stereocenters. The van der Waals surface area contributed by atoms with Gasteiger partial charge in [-0.05, 0) is 36.8 Å². The Labute approximate surface area is 124 Å². The van der Waals surface area contributed by atoms with Gasteiger partial charge < -0.3 is 4.74 Å². The molecule has 0 spiro atoms. The van der Waals surface area contributed by atoms with E-state index in [1.807, 2.05) is 43.3 Å². The lowest BCUT2D eigenvalue weighted by molar-refractivity contribution is 0.414. The molecule has 21 heavy (non-hydrogen) atoms. The highest BCUT2D eigenvalue weighted by Crippen LogP contribution is 2.26. The molecule has 0 radical (unpaired) electrons. The molecule has 0 saturated carbocycles. The van der Waals surface area contributed by atoms with Gasteiger partial charge in [0.15, 0.2) is 0 Å².